The summed E-state index contributed by atoms with van der Waals surface area (Å²) in [7, 11) is 0. The van der Waals surface area contributed by atoms with Crippen LogP contribution in [0.25, 0.3) is 0 Å². The largest absolute Gasteiger partial charge is 0.494 e. The van der Waals surface area contributed by atoms with Crippen LogP contribution in [-0.2, 0) is 6.54 Å². The lowest BCUT2D eigenvalue weighted by atomic mass is 10.1. The Labute approximate surface area is 119 Å². The second kappa shape index (κ2) is 6.75. The van der Waals surface area contributed by atoms with Crippen LogP contribution in [-0.4, -0.2) is 12.5 Å². The highest BCUT2D eigenvalue weighted by molar-refractivity contribution is 5.94. The quantitative estimate of drug-likeness (QED) is 0.904. The number of hydrogen-bond acceptors (Lipinski definition) is 2. The van der Waals surface area contributed by atoms with Crippen molar-refractivity contribution in [3.63, 3.8) is 0 Å². The van der Waals surface area contributed by atoms with E-state index in [9.17, 15) is 4.79 Å². The van der Waals surface area contributed by atoms with Crippen LogP contribution in [0, 0.1) is 6.92 Å². The Morgan fingerprint density at radius 2 is 1.90 bits per heavy atom. The van der Waals surface area contributed by atoms with E-state index < -0.39 is 0 Å². The molecule has 0 saturated carbocycles. The van der Waals surface area contributed by atoms with Gasteiger partial charge in [-0.3, -0.25) is 4.79 Å². The van der Waals surface area contributed by atoms with Crippen molar-refractivity contribution in [3.05, 3.63) is 65.2 Å². The van der Waals surface area contributed by atoms with E-state index in [-0.39, 0.29) is 5.91 Å². The van der Waals surface area contributed by atoms with Crippen LogP contribution in [0.15, 0.2) is 48.5 Å². The zero-order valence-corrected chi connectivity index (χ0v) is 11.8. The van der Waals surface area contributed by atoms with E-state index in [1.807, 2.05) is 56.3 Å². The molecule has 0 spiro atoms. The number of amides is 1. The van der Waals surface area contributed by atoms with Gasteiger partial charge in [0.05, 0.1) is 6.61 Å². The van der Waals surface area contributed by atoms with E-state index in [4.69, 9.17) is 4.74 Å². The first-order valence-electron chi connectivity index (χ1n) is 6.76. The van der Waals surface area contributed by atoms with E-state index >= 15 is 0 Å². The topological polar surface area (TPSA) is 38.3 Å². The highest BCUT2D eigenvalue weighted by atomic mass is 16.5. The lowest BCUT2D eigenvalue weighted by molar-refractivity contribution is 0.0951. The van der Waals surface area contributed by atoms with Crippen LogP contribution in [0.3, 0.4) is 0 Å². The predicted molar refractivity (Wildman–Crippen MR) is 80.0 cm³/mol. The van der Waals surface area contributed by atoms with Crippen LogP contribution < -0.4 is 10.1 Å². The lowest BCUT2D eigenvalue weighted by Gasteiger charge is -2.09. The minimum absolute atomic E-state index is 0.0694. The monoisotopic (exact) mass is 269 g/mol. The van der Waals surface area contributed by atoms with Crippen LogP contribution in [0.5, 0.6) is 5.75 Å². The molecule has 0 saturated heterocycles. The molecular weight excluding hydrogens is 250 g/mol. The number of hydrogen-bond donors (Lipinski definition) is 1. The number of rotatable bonds is 5. The Balaban J connectivity index is 2.00. The van der Waals surface area contributed by atoms with Gasteiger partial charge in [0.1, 0.15) is 5.75 Å². The first-order chi connectivity index (χ1) is 9.70. The van der Waals surface area contributed by atoms with E-state index in [0.29, 0.717) is 18.7 Å². The molecule has 2 aromatic rings. The van der Waals surface area contributed by atoms with Gasteiger partial charge in [0.15, 0.2) is 0 Å². The van der Waals surface area contributed by atoms with Crippen molar-refractivity contribution >= 4 is 5.91 Å². The number of carbonyl (C=O) groups is 1. The summed E-state index contributed by atoms with van der Waals surface area (Å²) >= 11 is 0. The number of benzene rings is 2. The molecular formula is C17H19NO2. The first kappa shape index (κ1) is 14.1. The molecule has 1 amide bonds. The highest BCUT2D eigenvalue weighted by Gasteiger charge is 2.08. The average molecular weight is 269 g/mol. The molecule has 0 heterocycles. The van der Waals surface area contributed by atoms with Crippen LogP contribution in [0.1, 0.15) is 28.4 Å². The minimum Gasteiger partial charge on any atom is -0.494 e. The van der Waals surface area contributed by atoms with Gasteiger partial charge < -0.3 is 10.1 Å². The molecule has 3 nitrogen and oxygen atoms in total. The molecule has 0 fully saturated rings. The molecule has 0 aliphatic heterocycles. The van der Waals surface area contributed by atoms with Crippen LogP contribution in [0.4, 0.5) is 0 Å². The van der Waals surface area contributed by atoms with Crippen LogP contribution >= 0.6 is 0 Å². The lowest BCUT2D eigenvalue weighted by Crippen LogP contribution is -2.22. The number of carbonyl (C=O) groups excluding carboxylic acids is 1. The van der Waals surface area contributed by atoms with Crippen molar-refractivity contribution in [1.82, 2.24) is 5.32 Å². The fourth-order valence-corrected chi connectivity index (χ4v) is 1.99. The summed E-state index contributed by atoms with van der Waals surface area (Å²) in [5.74, 6) is 0.757. The molecule has 1 N–H and O–H groups in total. The average Bonchev–Trinajstić information content (AvgIpc) is 2.48. The van der Waals surface area contributed by atoms with Gasteiger partial charge in [-0.05, 0) is 43.2 Å². The summed E-state index contributed by atoms with van der Waals surface area (Å²) in [5.41, 5.74) is 2.71. The van der Waals surface area contributed by atoms with Crippen molar-refractivity contribution in [1.29, 1.82) is 0 Å². The van der Waals surface area contributed by atoms with Crippen LogP contribution in [0.2, 0.25) is 0 Å². The molecule has 0 aliphatic rings. The first-order valence-corrected chi connectivity index (χ1v) is 6.76. The van der Waals surface area contributed by atoms with E-state index in [0.717, 1.165) is 16.9 Å². The van der Waals surface area contributed by atoms with E-state index in [1.54, 1.807) is 6.07 Å². The van der Waals surface area contributed by atoms with Gasteiger partial charge in [-0.2, -0.15) is 0 Å². The number of ether oxygens (including phenoxy) is 1. The van der Waals surface area contributed by atoms with Gasteiger partial charge >= 0.3 is 0 Å². The van der Waals surface area contributed by atoms with Gasteiger partial charge in [0.2, 0.25) is 0 Å². The molecule has 2 aromatic carbocycles. The Bertz CT molecular complexity index is 579. The molecule has 0 aliphatic carbocycles. The summed E-state index contributed by atoms with van der Waals surface area (Å²) in [5, 5.41) is 2.91. The summed E-state index contributed by atoms with van der Waals surface area (Å²) in [6.07, 6.45) is 0. The molecule has 3 heteroatoms. The third-order valence-electron chi connectivity index (χ3n) is 3.03. The normalized spacial score (nSPS) is 10.1. The van der Waals surface area contributed by atoms with Crippen molar-refractivity contribution in [3.8, 4) is 5.75 Å². The number of aryl methyl sites for hydroxylation is 1. The summed E-state index contributed by atoms with van der Waals surface area (Å²) in [6, 6.07) is 15.3. The van der Waals surface area contributed by atoms with Crippen molar-refractivity contribution in [2.24, 2.45) is 0 Å². The second-order valence-corrected chi connectivity index (χ2v) is 4.58. The fourth-order valence-electron chi connectivity index (χ4n) is 1.99. The molecule has 104 valence electrons. The highest BCUT2D eigenvalue weighted by Crippen LogP contribution is 2.19. The Kier molecular flexibility index (Phi) is 4.77. The Morgan fingerprint density at radius 1 is 1.15 bits per heavy atom. The SMILES string of the molecule is CCOc1ccc(C(=O)NCc2ccccc2)cc1C. The third-order valence-corrected chi connectivity index (χ3v) is 3.03. The molecule has 0 radical (unpaired) electrons. The van der Waals surface area contributed by atoms with Crippen molar-refractivity contribution < 1.29 is 9.53 Å². The molecule has 0 aromatic heterocycles. The van der Waals surface area contributed by atoms with Crippen molar-refractivity contribution in [2.45, 2.75) is 20.4 Å². The van der Waals surface area contributed by atoms with Gasteiger partial charge in [-0.1, -0.05) is 30.3 Å². The smallest absolute Gasteiger partial charge is 0.251 e. The summed E-state index contributed by atoms with van der Waals surface area (Å²) in [6.45, 7) is 5.05. The Hall–Kier alpha value is -2.29. The van der Waals surface area contributed by atoms with Crippen molar-refractivity contribution in [2.75, 3.05) is 6.61 Å². The summed E-state index contributed by atoms with van der Waals surface area (Å²) < 4.78 is 5.47. The number of nitrogens with one attached hydrogen (secondary N) is 1. The molecule has 0 unspecified atom stereocenters. The maximum atomic E-state index is 12.1. The summed E-state index contributed by atoms with van der Waals surface area (Å²) in [4.78, 5) is 12.1. The molecule has 0 atom stereocenters. The van der Waals surface area contributed by atoms with E-state index in [1.165, 1.54) is 0 Å². The minimum atomic E-state index is -0.0694. The third kappa shape index (κ3) is 3.60. The second-order valence-electron chi connectivity index (χ2n) is 4.58. The fraction of sp³-hybridized carbons (Fsp3) is 0.235. The maximum Gasteiger partial charge on any atom is 0.251 e. The van der Waals surface area contributed by atoms with Gasteiger partial charge in [-0.15, -0.1) is 0 Å². The van der Waals surface area contributed by atoms with E-state index in [2.05, 4.69) is 5.32 Å². The molecule has 0 bridgehead atoms. The molecule has 2 rings (SSSR count). The van der Waals surface area contributed by atoms with Gasteiger partial charge in [0, 0.05) is 12.1 Å². The predicted octanol–water partition coefficient (Wildman–Crippen LogP) is 3.32. The zero-order valence-electron chi connectivity index (χ0n) is 11.8. The maximum absolute atomic E-state index is 12.1. The van der Waals surface area contributed by atoms with Gasteiger partial charge in [0.25, 0.3) is 5.91 Å². The zero-order chi connectivity index (χ0) is 14.4. The Morgan fingerprint density at radius 3 is 2.55 bits per heavy atom. The standard InChI is InChI=1S/C17H19NO2/c1-3-20-16-10-9-15(11-13(16)2)17(19)18-12-14-7-5-4-6-8-14/h4-11H,3,12H2,1-2H3,(H,18,19). The molecule has 20 heavy (non-hydrogen) atoms. The van der Waals surface area contributed by atoms with Gasteiger partial charge in [-0.25, -0.2) is 0 Å².